The standard InChI is InChI=1S/C16H20N4/c1-12-10-17-11-16(19-12)18-7-8-20-13(2)9-14-5-3-4-6-15(14)20/h3-6,10-11,13H,7-9H2,1-2H3,(H,18,19). The topological polar surface area (TPSA) is 41.1 Å². The Morgan fingerprint density at radius 1 is 1.30 bits per heavy atom. The third-order valence-corrected chi connectivity index (χ3v) is 3.76. The second-order valence-electron chi connectivity index (χ2n) is 5.35. The molecular weight excluding hydrogens is 248 g/mol. The van der Waals surface area contributed by atoms with E-state index in [2.05, 4.69) is 51.4 Å². The predicted molar refractivity (Wildman–Crippen MR) is 82.2 cm³/mol. The van der Waals surface area contributed by atoms with E-state index >= 15 is 0 Å². The van der Waals surface area contributed by atoms with Crippen LogP contribution in [0.3, 0.4) is 0 Å². The van der Waals surface area contributed by atoms with Crippen molar-refractivity contribution in [2.75, 3.05) is 23.3 Å². The minimum absolute atomic E-state index is 0.567. The van der Waals surface area contributed by atoms with Gasteiger partial charge in [-0.2, -0.15) is 0 Å². The summed E-state index contributed by atoms with van der Waals surface area (Å²) in [4.78, 5) is 11.0. The average Bonchev–Trinajstić information content (AvgIpc) is 2.75. The average molecular weight is 268 g/mol. The summed E-state index contributed by atoms with van der Waals surface area (Å²) in [5, 5.41) is 3.35. The Hall–Kier alpha value is -2.10. The lowest BCUT2D eigenvalue weighted by molar-refractivity contribution is 0.680. The van der Waals surface area contributed by atoms with Gasteiger partial charge in [-0.3, -0.25) is 4.98 Å². The molecule has 3 rings (SSSR count). The van der Waals surface area contributed by atoms with Gasteiger partial charge < -0.3 is 10.2 Å². The Morgan fingerprint density at radius 2 is 2.15 bits per heavy atom. The zero-order valence-electron chi connectivity index (χ0n) is 12.0. The Balaban J connectivity index is 1.62. The van der Waals surface area contributed by atoms with Crippen LogP contribution in [0.1, 0.15) is 18.2 Å². The molecule has 0 bridgehead atoms. The van der Waals surface area contributed by atoms with Crippen molar-refractivity contribution in [2.24, 2.45) is 0 Å². The lowest BCUT2D eigenvalue weighted by Crippen LogP contribution is -2.33. The maximum atomic E-state index is 4.41. The highest BCUT2D eigenvalue weighted by molar-refractivity contribution is 5.59. The Kier molecular flexibility index (Phi) is 3.54. The third-order valence-electron chi connectivity index (χ3n) is 3.76. The summed E-state index contributed by atoms with van der Waals surface area (Å²) in [6.07, 6.45) is 4.68. The molecule has 2 heterocycles. The Labute approximate surface area is 119 Å². The van der Waals surface area contributed by atoms with Crippen LogP contribution >= 0.6 is 0 Å². The van der Waals surface area contributed by atoms with E-state index in [9.17, 15) is 0 Å². The van der Waals surface area contributed by atoms with Gasteiger partial charge in [0.15, 0.2) is 0 Å². The van der Waals surface area contributed by atoms with Crippen molar-refractivity contribution in [1.82, 2.24) is 9.97 Å². The number of hydrogen-bond acceptors (Lipinski definition) is 4. The van der Waals surface area contributed by atoms with E-state index in [-0.39, 0.29) is 0 Å². The molecule has 2 aromatic rings. The van der Waals surface area contributed by atoms with Crippen molar-refractivity contribution in [3.8, 4) is 0 Å². The minimum Gasteiger partial charge on any atom is -0.367 e. The molecule has 0 radical (unpaired) electrons. The zero-order chi connectivity index (χ0) is 13.9. The summed E-state index contributed by atoms with van der Waals surface area (Å²) in [5.74, 6) is 0.852. The molecule has 0 amide bonds. The zero-order valence-corrected chi connectivity index (χ0v) is 12.0. The van der Waals surface area contributed by atoms with E-state index in [0.717, 1.165) is 31.0 Å². The van der Waals surface area contributed by atoms with Crippen LogP contribution in [0.25, 0.3) is 0 Å². The number of aromatic nitrogens is 2. The molecule has 1 aromatic carbocycles. The van der Waals surface area contributed by atoms with Crippen LogP contribution in [0.5, 0.6) is 0 Å². The number of para-hydroxylation sites is 1. The molecule has 1 aliphatic heterocycles. The molecule has 0 saturated heterocycles. The molecule has 20 heavy (non-hydrogen) atoms. The van der Waals surface area contributed by atoms with Gasteiger partial charge in [0, 0.05) is 31.0 Å². The molecule has 0 saturated carbocycles. The number of hydrogen-bond donors (Lipinski definition) is 1. The summed E-state index contributed by atoms with van der Waals surface area (Å²) in [7, 11) is 0. The van der Waals surface area contributed by atoms with Gasteiger partial charge in [-0.1, -0.05) is 18.2 Å². The number of nitrogens with one attached hydrogen (secondary N) is 1. The van der Waals surface area contributed by atoms with E-state index in [1.807, 2.05) is 6.92 Å². The predicted octanol–water partition coefficient (Wildman–Crippen LogP) is 2.65. The van der Waals surface area contributed by atoms with Gasteiger partial charge in [0.05, 0.1) is 11.9 Å². The maximum absolute atomic E-state index is 4.41. The second-order valence-corrected chi connectivity index (χ2v) is 5.35. The van der Waals surface area contributed by atoms with E-state index in [4.69, 9.17) is 0 Å². The fourth-order valence-corrected chi connectivity index (χ4v) is 2.82. The summed E-state index contributed by atoms with van der Waals surface area (Å²) in [5.41, 5.74) is 3.77. The quantitative estimate of drug-likeness (QED) is 0.925. The lowest BCUT2D eigenvalue weighted by Gasteiger charge is -2.25. The highest BCUT2D eigenvalue weighted by Crippen LogP contribution is 2.31. The molecule has 1 aromatic heterocycles. The van der Waals surface area contributed by atoms with Crippen LogP contribution in [0, 0.1) is 6.92 Å². The number of benzene rings is 1. The first-order valence-corrected chi connectivity index (χ1v) is 7.11. The fourth-order valence-electron chi connectivity index (χ4n) is 2.82. The van der Waals surface area contributed by atoms with Gasteiger partial charge in [-0.05, 0) is 31.9 Å². The van der Waals surface area contributed by atoms with Crippen LogP contribution in [0.4, 0.5) is 11.5 Å². The van der Waals surface area contributed by atoms with E-state index in [0.29, 0.717) is 6.04 Å². The maximum Gasteiger partial charge on any atom is 0.144 e. The van der Waals surface area contributed by atoms with Crippen LogP contribution in [0.2, 0.25) is 0 Å². The van der Waals surface area contributed by atoms with Crippen molar-refractivity contribution in [1.29, 1.82) is 0 Å². The molecule has 0 fully saturated rings. The Morgan fingerprint density at radius 3 is 3.00 bits per heavy atom. The van der Waals surface area contributed by atoms with E-state index in [1.165, 1.54) is 11.3 Å². The van der Waals surface area contributed by atoms with Crippen LogP contribution in [-0.4, -0.2) is 29.1 Å². The molecule has 4 heteroatoms. The van der Waals surface area contributed by atoms with Crippen LogP contribution < -0.4 is 10.2 Å². The van der Waals surface area contributed by atoms with Crippen LogP contribution in [0.15, 0.2) is 36.7 Å². The summed E-state index contributed by atoms with van der Waals surface area (Å²) in [6.45, 7) is 6.09. The number of rotatable bonds is 4. The number of anilines is 2. The SMILES string of the molecule is Cc1cncc(NCCN2c3ccccc3CC2C)n1. The van der Waals surface area contributed by atoms with Crippen molar-refractivity contribution < 1.29 is 0 Å². The normalized spacial score (nSPS) is 17.1. The van der Waals surface area contributed by atoms with Crippen molar-refractivity contribution in [3.63, 3.8) is 0 Å². The first kappa shape index (κ1) is 12.9. The van der Waals surface area contributed by atoms with E-state index in [1.54, 1.807) is 12.4 Å². The van der Waals surface area contributed by atoms with Gasteiger partial charge in [0.2, 0.25) is 0 Å². The number of fused-ring (bicyclic) bond motifs is 1. The molecule has 1 unspecified atom stereocenters. The van der Waals surface area contributed by atoms with Crippen molar-refractivity contribution >= 4 is 11.5 Å². The summed E-state index contributed by atoms with van der Waals surface area (Å²) < 4.78 is 0. The minimum atomic E-state index is 0.567. The van der Waals surface area contributed by atoms with Gasteiger partial charge in [-0.25, -0.2) is 4.98 Å². The first-order chi connectivity index (χ1) is 9.74. The number of aryl methyl sites for hydroxylation is 1. The van der Waals surface area contributed by atoms with E-state index < -0.39 is 0 Å². The highest BCUT2D eigenvalue weighted by Gasteiger charge is 2.24. The van der Waals surface area contributed by atoms with Gasteiger partial charge >= 0.3 is 0 Å². The second kappa shape index (κ2) is 5.49. The van der Waals surface area contributed by atoms with Gasteiger partial charge in [-0.15, -0.1) is 0 Å². The largest absolute Gasteiger partial charge is 0.367 e. The highest BCUT2D eigenvalue weighted by atomic mass is 15.2. The van der Waals surface area contributed by atoms with Crippen molar-refractivity contribution in [3.05, 3.63) is 47.9 Å². The van der Waals surface area contributed by atoms with Gasteiger partial charge in [0.1, 0.15) is 5.82 Å². The monoisotopic (exact) mass is 268 g/mol. The molecule has 1 atom stereocenters. The number of nitrogens with zero attached hydrogens (tertiary/aromatic N) is 3. The first-order valence-electron chi connectivity index (χ1n) is 7.11. The van der Waals surface area contributed by atoms with Crippen molar-refractivity contribution in [2.45, 2.75) is 26.3 Å². The molecule has 1 N–H and O–H groups in total. The smallest absolute Gasteiger partial charge is 0.144 e. The molecular formula is C16H20N4. The Bertz CT molecular complexity index is 597. The molecule has 0 spiro atoms. The summed E-state index contributed by atoms with van der Waals surface area (Å²) >= 11 is 0. The fraction of sp³-hybridized carbons (Fsp3) is 0.375. The van der Waals surface area contributed by atoms with Gasteiger partial charge in [0.25, 0.3) is 0 Å². The van der Waals surface area contributed by atoms with Crippen LogP contribution in [-0.2, 0) is 6.42 Å². The lowest BCUT2D eigenvalue weighted by atomic mass is 10.1. The molecule has 4 nitrogen and oxygen atoms in total. The molecule has 1 aliphatic rings. The molecule has 0 aliphatic carbocycles. The molecule has 104 valence electrons. The third kappa shape index (κ3) is 2.59. The summed E-state index contributed by atoms with van der Waals surface area (Å²) in [6, 6.07) is 9.24.